The number of nitrogens with zero attached hydrogens (tertiary/aromatic N) is 2. The monoisotopic (exact) mass is 339 g/mol. The van der Waals surface area contributed by atoms with Crippen LogP contribution in [0.3, 0.4) is 0 Å². The zero-order chi connectivity index (χ0) is 17.2. The Balaban J connectivity index is 1.56. The van der Waals surface area contributed by atoms with Crippen LogP contribution < -0.4 is 5.32 Å². The molecule has 2 fully saturated rings. The fourth-order valence-corrected chi connectivity index (χ4v) is 3.64. The third-order valence-corrected chi connectivity index (χ3v) is 5.18. The van der Waals surface area contributed by atoms with E-state index in [9.17, 15) is 9.59 Å². The molecular formula is C18H33N3O3. The van der Waals surface area contributed by atoms with E-state index in [1.807, 2.05) is 4.90 Å². The first kappa shape index (κ1) is 19.2. The van der Waals surface area contributed by atoms with Gasteiger partial charge >= 0.3 is 0 Å². The summed E-state index contributed by atoms with van der Waals surface area (Å²) in [5.41, 5.74) is 0. The van der Waals surface area contributed by atoms with Crippen molar-refractivity contribution in [3.05, 3.63) is 0 Å². The predicted molar refractivity (Wildman–Crippen MR) is 93.7 cm³/mol. The predicted octanol–water partition coefficient (Wildman–Crippen LogP) is 1.25. The average Bonchev–Trinajstić information content (AvgIpc) is 3.11. The van der Waals surface area contributed by atoms with E-state index in [0.29, 0.717) is 32.0 Å². The fraction of sp³-hybridized carbons (Fsp3) is 0.889. The molecule has 0 aromatic carbocycles. The van der Waals surface area contributed by atoms with Gasteiger partial charge in [0, 0.05) is 52.9 Å². The number of rotatable bonds is 9. The molecule has 0 spiro atoms. The van der Waals surface area contributed by atoms with E-state index in [2.05, 4.69) is 10.2 Å². The number of hydrogen-bond donors (Lipinski definition) is 1. The first-order valence-corrected chi connectivity index (χ1v) is 9.45. The second-order valence-electron chi connectivity index (χ2n) is 7.04. The van der Waals surface area contributed by atoms with Gasteiger partial charge in [-0.3, -0.25) is 14.5 Å². The lowest BCUT2D eigenvalue weighted by Crippen LogP contribution is -2.51. The number of carbonyl (C=O) groups is 2. The maximum absolute atomic E-state index is 12.3. The molecule has 24 heavy (non-hydrogen) atoms. The summed E-state index contributed by atoms with van der Waals surface area (Å²) in [6.45, 7) is 4.84. The molecule has 2 rings (SSSR count). The van der Waals surface area contributed by atoms with Crippen molar-refractivity contribution in [2.24, 2.45) is 5.92 Å². The van der Waals surface area contributed by atoms with Gasteiger partial charge in [0.15, 0.2) is 0 Å². The standard InChI is InChI=1S/C18H33N3O3/c1-24-14-4-9-19-17(22)15-20-10-12-21(13-11-20)18(23)8-7-16-5-2-3-6-16/h16H,2-15H2,1H3,(H,19,22). The van der Waals surface area contributed by atoms with Gasteiger partial charge in [-0.2, -0.15) is 0 Å². The molecule has 1 saturated carbocycles. The van der Waals surface area contributed by atoms with Gasteiger partial charge < -0.3 is 15.0 Å². The first-order chi connectivity index (χ1) is 11.7. The smallest absolute Gasteiger partial charge is 0.234 e. The Hall–Kier alpha value is -1.14. The van der Waals surface area contributed by atoms with E-state index < -0.39 is 0 Å². The Morgan fingerprint density at radius 3 is 2.50 bits per heavy atom. The quantitative estimate of drug-likeness (QED) is 0.642. The number of amides is 2. The van der Waals surface area contributed by atoms with Gasteiger partial charge in [-0.05, 0) is 18.8 Å². The number of methoxy groups -OCH3 is 1. The van der Waals surface area contributed by atoms with Crippen LogP contribution in [-0.2, 0) is 14.3 Å². The lowest BCUT2D eigenvalue weighted by molar-refractivity contribution is -0.133. The highest BCUT2D eigenvalue weighted by Gasteiger charge is 2.23. The van der Waals surface area contributed by atoms with E-state index in [-0.39, 0.29) is 5.91 Å². The highest BCUT2D eigenvalue weighted by molar-refractivity contribution is 5.78. The molecule has 2 amide bonds. The maximum Gasteiger partial charge on any atom is 0.234 e. The number of piperazine rings is 1. The van der Waals surface area contributed by atoms with Crippen LogP contribution in [0.5, 0.6) is 0 Å². The van der Waals surface area contributed by atoms with Gasteiger partial charge in [-0.25, -0.2) is 0 Å². The van der Waals surface area contributed by atoms with Crippen LogP contribution in [0.15, 0.2) is 0 Å². The molecule has 1 N–H and O–H groups in total. The van der Waals surface area contributed by atoms with Crippen molar-refractivity contribution in [2.75, 3.05) is 53.0 Å². The molecule has 6 heteroatoms. The molecule has 1 heterocycles. The molecule has 0 bridgehead atoms. The van der Waals surface area contributed by atoms with Crippen molar-refractivity contribution in [1.82, 2.24) is 15.1 Å². The minimum Gasteiger partial charge on any atom is -0.385 e. The van der Waals surface area contributed by atoms with Crippen molar-refractivity contribution in [1.29, 1.82) is 0 Å². The van der Waals surface area contributed by atoms with Gasteiger partial charge in [0.1, 0.15) is 0 Å². The summed E-state index contributed by atoms with van der Waals surface area (Å²) in [4.78, 5) is 28.3. The summed E-state index contributed by atoms with van der Waals surface area (Å²) in [5, 5.41) is 2.91. The zero-order valence-electron chi connectivity index (χ0n) is 15.1. The van der Waals surface area contributed by atoms with E-state index in [0.717, 1.165) is 44.9 Å². The van der Waals surface area contributed by atoms with Crippen LogP contribution in [0.1, 0.15) is 44.9 Å². The van der Waals surface area contributed by atoms with Crippen molar-refractivity contribution in [3.63, 3.8) is 0 Å². The normalized spacial score (nSPS) is 19.6. The second kappa shape index (κ2) is 10.7. The molecule has 0 atom stereocenters. The second-order valence-corrected chi connectivity index (χ2v) is 7.04. The number of hydrogen-bond acceptors (Lipinski definition) is 4. The van der Waals surface area contributed by atoms with Crippen LogP contribution in [0, 0.1) is 5.92 Å². The number of ether oxygens (including phenoxy) is 1. The topological polar surface area (TPSA) is 61.9 Å². The molecule has 0 radical (unpaired) electrons. The first-order valence-electron chi connectivity index (χ1n) is 9.45. The summed E-state index contributed by atoms with van der Waals surface area (Å²) >= 11 is 0. The Morgan fingerprint density at radius 1 is 1.12 bits per heavy atom. The van der Waals surface area contributed by atoms with Gasteiger partial charge in [0.25, 0.3) is 0 Å². The number of nitrogens with one attached hydrogen (secondary N) is 1. The molecule has 0 aromatic heterocycles. The Morgan fingerprint density at radius 2 is 1.83 bits per heavy atom. The molecule has 138 valence electrons. The van der Waals surface area contributed by atoms with Gasteiger partial charge in [-0.1, -0.05) is 25.7 Å². The lowest BCUT2D eigenvalue weighted by Gasteiger charge is -2.34. The molecule has 1 aliphatic heterocycles. The van der Waals surface area contributed by atoms with Crippen molar-refractivity contribution < 1.29 is 14.3 Å². The number of carbonyl (C=O) groups excluding carboxylic acids is 2. The van der Waals surface area contributed by atoms with E-state index in [1.54, 1.807) is 7.11 Å². The van der Waals surface area contributed by atoms with Gasteiger partial charge in [-0.15, -0.1) is 0 Å². The zero-order valence-corrected chi connectivity index (χ0v) is 15.1. The Kier molecular flexibility index (Phi) is 8.53. The van der Waals surface area contributed by atoms with Crippen LogP contribution in [0.4, 0.5) is 0 Å². The van der Waals surface area contributed by atoms with Gasteiger partial charge in [0.2, 0.25) is 11.8 Å². The van der Waals surface area contributed by atoms with Crippen molar-refractivity contribution >= 4 is 11.8 Å². The third kappa shape index (κ3) is 6.77. The van der Waals surface area contributed by atoms with Crippen molar-refractivity contribution in [3.8, 4) is 0 Å². The minimum absolute atomic E-state index is 0.0621. The third-order valence-electron chi connectivity index (χ3n) is 5.18. The Bertz CT molecular complexity index is 389. The SMILES string of the molecule is COCCCNC(=O)CN1CCN(C(=O)CCC2CCCC2)CC1. The molecule has 0 aromatic rings. The molecule has 6 nitrogen and oxygen atoms in total. The highest BCUT2D eigenvalue weighted by atomic mass is 16.5. The summed E-state index contributed by atoms with van der Waals surface area (Å²) in [6.07, 6.45) is 7.89. The summed E-state index contributed by atoms with van der Waals surface area (Å²) in [7, 11) is 1.66. The summed E-state index contributed by atoms with van der Waals surface area (Å²) in [5.74, 6) is 1.13. The lowest BCUT2D eigenvalue weighted by atomic mass is 10.0. The summed E-state index contributed by atoms with van der Waals surface area (Å²) in [6, 6.07) is 0. The van der Waals surface area contributed by atoms with Crippen LogP contribution in [-0.4, -0.2) is 74.6 Å². The molecule has 1 saturated heterocycles. The van der Waals surface area contributed by atoms with Crippen molar-refractivity contribution in [2.45, 2.75) is 44.9 Å². The minimum atomic E-state index is 0.0621. The summed E-state index contributed by atoms with van der Waals surface area (Å²) < 4.78 is 4.96. The van der Waals surface area contributed by atoms with E-state index in [1.165, 1.54) is 25.7 Å². The van der Waals surface area contributed by atoms with Gasteiger partial charge in [0.05, 0.1) is 6.54 Å². The van der Waals surface area contributed by atoms with Crippen LogP contribution >= 0.6 is 0 Å². The molecule has 1 aliphatic carbocycles. The largest absolute Gasteiger partial charge is 0.385 e. The van der Waals surface area contributed by atoms with Crippen LogP contribution in [0.25, 0.3) is 0 Å². The molecule has 0 unspecified atom stereocenters. The fourth-order valence-electron chi connectivity index (χ4n) is 3.64. The Labute approximate surface area is 145 Å². The van der Waals surface area contributed by atoms with Crippen LogP contribution in [0.2, 0.25) is 0 Å². The van der Waals surface area contributed by atoms with E-state index >= 15 is 0 Å². The van der Waals surface area contributed by atoms with E-state index in [4.69, 9.17) is 4.74 Å². The highest BCUT2D eigenvalue weighted by Crippen LogP contribution is 2.28. The molecule has 2 aliphatic rings. The maximum atomic E-state index is 12.3. The average molecular weight is 339 g/mol. The molecular weight excluding hydrogens is 306 g/mol.